The number of rotatable bonds is 8. The average Bonchev–Trinajstić information content (AvgIpc) is 2.46. The molecule has 3 amide bonds. The third-order valence-corrected chi connectivity index (χ3v) is 3.75. The number of hydrogen-bond acceptors (Lipinski definition) is 7. The summed E-state index contributed by atoms with van der Waals surface area (Å²) in [6.07, 6.45) is 0. The average molecular weight is 380 g/mol. The highest BCUT2D eigenvalue weighted by Crippen LogP contribution is 2.17. The van der Waals surface area contributed by atoms with Crippen molar-refractivity contribution in [2.45, 2.75) is 17.4 Å². The van der Waals surface area contributed by atoms with E-state index in [9.17, 15) is 27.6 Å². The lowest BCUT2D eigenvalue weighted by atomic mass is 10.2. The van der Waals surface area contributed by atoms with E-state index in [-0.39, 0.29) is 0 Å². The maximum absolute atomic E-state index is 14.4. The molecule has 22 heavy (non-hydrogen) atoms. The van der Waals surface area contributed by atoms with E-state index in [1.54, 1.807) is 0 Å². The molecule has 0 aromatic heterocycles. The molecular formula is C9H15F3N4O3S3. The Balaban J connectivity index is 5.27. The van der Waals surface area contributed by atoms with Crippen LogP contribution in [0.3, 0.4) is 0 Å². The summed E-state index contributed by atoms with van der Waals surface area (Å²) in [7, 11) is 0. The van der Waals surface area contributed by atoms with E-state index in [1.165, 1.54) is 10.6 Å². The first-order chi connectivity index (χ1) is 9.88. The number of halogens is 3. The first kappa shape index (κ1) is 21.2. The van der Waals surface area contributed by atoms with Gasteiger partial charge in [-0.05, 0) is 0 Å². The lowest BCUT2D eigenvalue weighted by Gasteiger charge is -2.30. The largest absolute Gasteiger partial charge is 0.365 e. The molecule has 0 fully saturated rings. The van der Waals surface area contributed by atoms with Crippen molar-refractivity contribution in [3.8, 4) is 0 Å². The van der Waals surface area contributed by atoms with E-state index >= 15 is 0 Å². The number of thiol groups is 3. The van der Waals surface area contributed by atoms with Gasteiger partial charge in [-0.3, -0.25) is 20.1 Å². The van der Waals surface area contributed by atoms with Crippen molar-refractivity contribution in [1.82, 2.24) is 10.6 Å². The van der Waals surface area contributed by atoms with Gasteiger partial charge in [-0.2, -0.15) is 37.9 Å². The van der Waals surface area contributed by atoms with Gasteiger partial charge in [0.15, 0.2) is 0 Å². The maximum Gasteiger partial charge on any atom is 0.282 e. The lowest BCUT2D eigenvalue weighted by Crippen LogP contribution is -2.67. The van der Waals surface area contributed by atoms with Crippen molar-refractivity contribution in [2.24, 2.45) is 11.5 Å². The second-order valence-electron chi connectivity index (χ2n) is 4.21. The first-order valence-electron chi connectivity index (χ1n) is 5.52. The van der Waals surface area contributed by atoms with E-state index in [4.69, 9.17) is 11.5 Å². The van der Waals surface area contributed by atoms with Crippen LogP contribution in [-0.2, 0) is 14.4 Å². The highest BCUT2D eigenvalue weighted by Gasteiger charge is 2.48. The lowest BCUT2D eigenvalue weighted by molar-refractivity contribution is -0.149. The van der Waals surface area contributed by atoms with Gasteiger partial charge >= 0.3 is 0 Å². The fourth-order valence-electron chi connectivity index (χ4n) is 0.982. The molecule has 6 N–H and O–H groups in total. The fourth-order valence-corrected chi connectivity index (χ4v) is 1.58. The number of nitrogens with two attached hydrogens (primary N) is 2. The predicted molar refractivity (Wildman–Crippen MR) is 82.7 cm³/mol. The Labute approximate surface area is 140 Å². The number of primary amides is 1. The van der Waals surface area contributed by atoms with Gasteiger partial charge < -0.3 is 16.4 Å². The number of carbonyl (C=O) groups is 3. The Morgan fingerprint density at radius 3 is 1.59 bits per heavy atom. The summed E-state index contributed by atoms with van der Waals surface area (Å²) in [6.45, 7) is 0. The van der Waals surface area contributed by atoms with Gasteiger partial charge in [0.25, 0.3) is 29.3 Å². The molecule has 0 bridgehead atoms. The standard InChI is InChI=1S/C9H15F3N4O3S3/c10-7(14,1-20)5(18)15-9(12,3-22)6(19)16-8(11,2-21)4(13)17/h20-22H,1-3,14H2,(H2,13,17)(H,15,18)(H,16,19)/t7-,8?,9-/m0/s1. The van der Waals surface area contributed by atoms with Crippen LogP contribution >= 0.6 is 37.9 Å². The summed E-state index contributed by atoms with van der Waals surface area (Å²) >= 11 is 10.4. The summed E-state index contributed by atoms with van der Waals surface area (Å²) in [4.78, 5) is 34.0. The van der Waals surface area contributed by atoms with Crippen LogP contribution in [0.5, 0.6) is 0 Å². The first-order valence-corrected chi connectivity index (χ1v) is 7.41. The zero-order chi connectivity index (χ0) is 17.8. The molecule has 0 aliphatic carbocycles. The molecule has 3 atom stereocenters. The van der Waals surface area contributed by atoms with Crippen molar-refractivity contribution in [3.63, 3.8) is 0 Å². The van der Waals surface area contributed by atoms with Crippen LogP contribution in [0.15, 0.2) is 0 Å². The third-order valence-electron chi connectivity index (χ3n) is 2.42. The van der Waals surface area contributed by atoms with Crippen LogP contribution in [0.4, 0.5) is 13.2 Å². The molecule has 0 aromatic rings. The number of hydrogen-bond donors (Lipinski definition) is 7. The quantitative estimate of drug-likeness (QED) is 0.203. The molecule has 0 saturated carbocycles. The Morgan fingerprint density at radius 2 is 1.27 bits per heavy atom. The molecule has 0 rings (SSSR count). The van der Waals surface area contributed by atoms with E-state index in [0.717, 1.165) is 0 Å². The number of nitrogens with one attached hydrogen (secondary N) is 2. The van der Waals surface area contributed by atoms with Crippen LogP contribution in [0.2, 0.25) is 0 Å². The van der Waals surface area contributed by atoms with Gasteiger partial charge in [0.05, 0.1) is 11.5 Å². The highest BCUT2D eigenvalue weighted by atomic mass is 32.1. The second kappa shape index (κ2) is 7.66. The molecule has 1 unspecified atom stereocenters. The minimum absolute atomic E-state index is 0.811. The van der Waals surface area contributed by atoms with Crippen LogP contribution in [-0.4, -0.2) is 52.4 Å². The molecule has 0 spiro atoms. The Hall–Kier alpha value is -0.790. The smallest absolute Gasteiger partial charge is 0.282 e. The van der Waals surface area contributed by atoms with Crippen molar-refractivity contribution >= 4 is 55.6 Å². The zero-order valence-corrected chi connectivity index (χ0v) is 13.7. The fraction of sp³-hybridized carbons (Fsp3) is 0.667. The maximum atomic E-state index is 14.4. The molecule has 0 aromatic carbocycles. The molecule has 128 valence electrons. The van der Waals surface area contributed by atoms with Gasteiger partial charge in [-0.1, -0.05) is 0 Å². The second-order valence-corrected chi connectivity index (χ2v) is 5.16. The highest BCUT2D eigenvalue weighted by molar-refractivity contribution is 7.80. The van der Waals surface area contributed by atoms with E-state index < -0.39 is 52.4 Å². The number of amides is 3. The van der Waals surface area contributed by atoms with Gasteiger partial charge in [-0.25, -0.2) is 13.2 Å². The van der Waals surface area contributed by atoms with Crippen molar-refractivity contribution in [3.05, 3.63) is 0 Å². The van der Waals surface area contributed by atoms with Crippen LogP contribution in [0, 0.1) is 0 Å². The molecule has 0 saturated heterocycles. The summed E-state index contributed by atoms with van der Waals surface area (Å²) in [6, 6.07) is 0. The van der Waals surface area contributed by atoms with Gasteiger partial charge in [0.2, 0.25) is 5.79 Å². The summed E-state index contributed by atoms with van der Waals surface area (Å²) in [5.74, 6) is -17.5. The van der Waals surface area contributed by atoms with Gasteiger partial charge in [0.1, 0.15) is 0 Å². The molecule has 0 aliphatic heterocycles. The third kappa shape index (κ3) is 4.86. The molecule has 13 heteroatoms. The minimum Gasteiger partial charge on any atom is -0.365 e. The van der Waals surface area contributed by atoms with Crippen molar-refractivity contribution in [2.75, 3.05) is 17.3 Å². The summed E-state index contributed by atoms with van der Waals surface area (Å²) < 4.78 is 41.7. The van der Waals surface area contributed by atoms with Crippen LogP contribution < -0.4 is 22.1 Å². The predicted octanol–water partition coefficient (Wildman–Crippen LogP) is -1.55. The normalized spacial score (nSPS) is 19.2. The Morgan fingerprint density at radius 1 is 0.864 bits per heavy atom. The van der Waals surface area contributed by atoms with Gasteiger partial charge in [-0.15, -0.1) is 0 Å². The van der Waals surface area contributed by atoms with E-state index in [0.29, 0.717) is 0 Å². The molecule has 0 heterocycles. The topological polar surface area (TPSA) is 127 Å². The molecular weight excluding hydrogens is 365 g/mol. The number of carbonyl (C=O) groups excluding carboxylic acids is 3. The Kier molecular flexibility index (Phi) is 7.38. The van der Waals surface area contributed by atoms with Crippen molar-refractivity contribution in [1.29, 1.82) is 0 Å². The zero-order valence-electron chi connectivity index (χ0n) is 11.0. The van der Waals surface area contributed by atoms with Gasteiger partial charge in [0, 0.05) is 5.75 Å². The number of alkyl halides is 3. The van der Waals surface area contributed by atoms with E-state index in [1.807, 2.05) is 0 Å². The minimum atomic E-state index is -3.35. The molecule has 7 nitrogen and oxygen atoms in total. The van der Waals surface area contributed by atoms with Crippen LogP contribution in [0.25, 0.3) is 0 Å². The SMILES string of the molecule is NC(=O)C(F)(CS)NC(=O)[C@](F)(CS)NC(=O)[C@](N)(F)CS. The monoisotopic (exact) mass is 380 g/mol. The Bertz CT molecular complexity index is 471. The molecule has 0 radical (unpaired) electrons. The molecule has 0 aliphatic rings. The van der Waals surface area contributed by atoms with Crippen LogP contribution in [0.1, 0.15) is 0 Å². The van der Waals surface area contributed by atoms with Crippen molar-refractivity contribution < 1.29 is 27.6 Å². The summed E-state index contributed by atoms with van der Waals surface area (Å²) in [5, 5.41) is 2.66. The summed E-state index contributed by atoms with van der Waals surface area (Å²) in [5.41, 5.74) is 9.59. The van der Waals surface area contributed by atoms with E-state index in [2.05, 4.69) is 37.9 Å².